The SMILES string of the molecule is COc1ccccc1OC(=O)c1ccc(Cn2nnc3ccccc32)cc1. The fraction of sp³-hybridized carbons (Fsp3) is 0.0952. The number of para-hydroxylation sites is 3. The maximum absolute atomic E-state index is 12.4. The Kier molecular flexibility index (Phi) is 4.53. The van der Waals surface area contributed by atoms with Gasteiger partial charge in [0.25, 0.3) is 0 Å². The molecule has 1 aromatic heterocycles. The highest BCUT2D eigenvalue weighted by Crippen LogP contribution is 2.26. The number of rotatable bonds is 5. The van der Waals surface area contributed by atoms with Crippen molar-refractivity contribution in [3.05, 3.63) is 83.9 Å². The zero-order valence-corrected chi connectivity index (χ0v) is 14.7. The number of ether oxygens (including phenoxy) is 2. The van der Waals surface area contributed by atoms with Crippen LogP contribution in [0.3, 0.4) is 0 Å². The second kappa shape index (κ2) is 7.29. The molecule has 0 unspecified atom stereocenters. The van der Waals surface area contributed by atoms with Crippen LogP contribution in [0.2, 0.25) is 0 Å². The van der Waals surface area contributed by atoms with Crippen molar-refractivity contribution in [2.75, 3.05) is 7.11 Å². The van der Waals surface area contributed by atoms with E-state index in [4.69, 9.17) is 9.47 Å². The molecule has 0 saturated carbocycles. The normalized spacial score (nSPS) is 10.7. The van der Waals surface area contributed by atoms with E-state index in [2.05, 4.69) is 10.3 Å². The van der Waals surface area contributed by atoms with E-state index in [-0.39, 0.29) is 0 Å². The molecule has 27 heavy (non-hydrogen) atoms. The molecule has 3 aromatic carbocycles. The molecule has 134 valence electrons. The van der Waals surface area contributed by atoms with Crippen LogP contribution in [0.1, 0.15) is 15.9 Å². The number of nitrogens with zero attached hydrogens (tertiary/aromatic N) is 3. The van der Waals surface area contributed by atoms with Crippen LogP contribution in [-0.2, 0) is 6.54 Å². The Labute approximate surface area is 156 Å². The Bertz CT molecular complexity index is 1090. The molecule has 0 spiro atoms. The Morgan fingerprint density at radius 2 is 1.63 bits per heavy atom. The molecule has 0 aliphatic carbocycles. The number of hydrogen-bond donors (Lipinski definition) is 0. The quantitative estimate of drug-likeness (QED) is 0.401. The molecule has 0 fully saturated rings. The largest absolute Gasteiger partial charge is 0.493 e. The lowest BCUT2D eigenvalue weighted by molar-refractivity contribution is 0.0729. The van der Waals surface area contributed by atoms with E-state index >= 15 is 0 Å². The summed E-state index contributed by atoms with van der Waals surface area (Å²) in [5.41, 5.74) is 3.30. The van der Waals surface area contributed by atoms with Crippen LogP contribution in [0.4, 0.5) is 0 Å². The summed E-state index contributed by atoms with van der Waals surface area (Å²) < 4.78 is 12.5. The summed E-state index contributed by atoms with van der Waals surface area (Å²) in [6, 6.07) is 22.1. The van der Waals surface area contributed by atoms with Gasteiger partial charge in [0, 0.05) is 0 Å². The van der Waals surface area contributed by atoms with Gasteiger partial charge in [0.05, 0.1) is 24.7 Å². The molecule has 4 aromatic rings. The standard InChI is InChI=1S/C21H17N3O3/c1-26-19-8-4-5-9-20(19)27-21(25)16-12-10-15(11-13-16)14-24-18-7-3-2-6-17(18)22-23-24/h2-13H,14H2,1H3. The molecule has 0 bridgehead atoms. The predicted octanol–water partition coefficient (Wildman–Crippen LogP) is 3.71. The molecule has 6 nitrogen and oxygen atoms in total. The molecule has 0 N–H and O–H groups in total. The van der Waals surface area contributed by atoms with Gasteiger partial charge in [-0.15, -0.1) is 5.10 Å². The van der Waals surface area contributed by atoms with Gasteiger partial charge >= 0.3 is 5.97 Å². The van der Waals surface area contributed by atoms with Crippen LogP contribution >= 0.6 is 0 Å². The Hall–Kier alpha value is -3.67. The van der Waals surface area contributed by atoms with Gasteiger partial charge < -0.3 is 9.47 Å². The summed E-state index contributed by atoms with van der Waals surface area (Å²) in [5, 5.41) is 8.33. The lowest BCUT2D eigenvalue weighted by Crippen LogP contribution is -2.09. The van der Waals surface area contributed by atoms with Crippen molar-refractivity contribution in [2.24, 2.45) is 0 Å². The van der Waals surface area contributed by atoms with Gasteiger partial charge in [0.2, 0.25) is 0 Å². The van der Waals surface area contributed by atoms with Gasteiger partial charge in [-0.25, -0.2) is 9.48 Å². The summed E-state index contributed by atoms with van der Waals surface area (Å²) >= 11 is 0. The third-order valence-electron chi connectivity index (χ3n) is 4.21. The molecule has 0 radical (unpaired) electrons. The van der Waals surface area contributed by atoms with Crippen LogP contribution in [-0.4, -0.2) is 28.1 Å². The number of esters is 1. The van der Waals surface area contributed by atoms with E-state index in [0.29, 0.717) is 23.6 Å². The smallest absolute Gasteiger partial charge is 0.343 e. The summed E-state index contributed by atoms with van der Waals surface area (Å²) in [6.45, 7) is 0.572. The third kappa shape index (κ3) is 3.50. The van der Waals surface area contributed by atoms with Crippen molar-refractivity contribution in [2.45, 2.75) is 6.54 Å². The van der Waals surface area contributed by atoms with Crippen LogP contribution in [0.25, 0.3) is 11.0 Å². The van der Waals surface area contributed by atoms with E-state index in [1.165, 1.54) is 7.11 Å². The number of carbonyl (C=O) groups is 1. The number of carbonyl (C=O) groups excluding carboxylic acids is 1. The first-order chi connectivity index (χ1) is 13.2. The average molecular weight is 359 g/mol. The zero-order valence-electron chi connectivity index (χ0n) is 14.7. The van der Waals surface area contributed by atoms with E-state index in [0.717, 1.165) is 16.6 Å². The average Bonchev–Trinajstić information content (AvgIpc) is 3.12. The second-order valence-electron chi connectivity index (χ2n) is 5.97. The predicted molar refractivity (Wildman–Crippen MR) is 101 cm³/mol. The molecular weight excluding hydrogens is 342 g/mol. The minimum atomic E-state index is -0.433. The Morgan fingerprint density at radius 1 is 0.926 bits per heavy atom. The van der Waals surface area contributed by atoms with Gasteiger partial charge in [-0.3, -0.25) is 0 Å². The van der Waals surface area contributed by atoms with Crippen molar-refractivity contribution in [3.63, 3.8) is 0 Å². The first-order valence-corrected chi connectivity index (χ1v) is 8.47. The third-order valence-corrected chi connectivity index (χ3v) is 4.21. The number of hydrogen-bond acceptors (Lipinski definition) is 5. The lowest BCUT2D eigenvalue weighted by atomic mass is 10.1. The highest BCUT2D eigenvalue weighted by molar-refractivity contribution is 5.91. The van der Waals surface area contributed by atoms with Crippen molar-refractivity contribution < 1.29 is 14.3 Å². The summed E-state index contributed by atoms with van der Waals surface area (Å²) in [5.74, 6) is 0.473. The molecular formula is C21H17N3O3. The number of benzene rings is 3. The monoisotopic (exact) mass is 359 g/mol. The highest BCUT2D eigenvalue weighted by Gasteiger charge is 2.12. The maximum Gasteiger partial charge on any atom is 0.343 e. The van der Waals surface area contributed by atoms with Crippen LogP contribution < -0.4 is 9.47 Å². The fourth-order valence-electron chi connectivity index (χ4n) is 2.82. The topological polar surface area (TPSA) is 66.2 Å². The zero-order chi connectivity index (χ0) is 18.6. The second-order valence-corrected chi connectivity index (χ2v) is 5.97. The Balaban J connectivity index is 1.49. The summed E-state index contributed by atoms with van der Waals surface area (Å²) in [7, 11) is 1.54. The first-order valence-electron chi connectivity index (χ1n) is 8.47. The number of aromatic nitrogens is 3. The molecule has 0 aliphatic rings. The number of methoxy groups -OCH3 is 1. The highest BCUT2D eigenvalue weighted by atomic mass is 16.6. The molecule has 0 amide bonds. The molecule has 0 aliphatic heterocycles. The molecule has 0 atom stereocenters. The van der Waals surface area contributed by atoms with E-state index < -0.39 is 5.97 Å². The van der Waals surface area contributed by atoms with Crippen molar-refractivity contribution in [1.29, 1.82) is 0 Å². The van der Waals surface area contributed by atoms with Gasteiger partial charge in [-0.1, -0.05) is 41.6 Å². The van der Waals surface area contributed by atoms with Crippen molar-refractivity contribution in [3.8, 4) is 11.5 Å². The fourth-order valence-corrected chi connectivity index (χ4v) is 2.82. The minimum Gasteiger partial charge on any atom is -0.493 e. The summed E-state index contributed by atoms with van der Waals surface area (Å²) in [6.07, 6.45) is 0. The van der Waals surface area contributed by atoms with Crippen LogP contribution in [0.5, 0.6) is 11.5 Å². The lowest BCUT2D eigenvalue weighted by Gasteiger charge is -2.09. The maximum atomic E-state index is 12.4. The van der Waals surface area contributed by atoms with Crippen LogP contribution in [0.15, 0.2) is 72.8 Å². The molecule has 1 heterocycles. The minimum absolute atomic E-state index is 0.392. The van der Waals surface area contributed by atoms with Crippen LogP contribution in [0, 0.1) is 0 Å². The van der Waals surface area contributed by atoms with E-state index in [9.17, 15) is 4.79 Å². The van der Waals surface area contributed by atoms with Crippen molar-refractivity contribution >= 4 is 17.0 Å². The molecule has 6 heteroatoms. The van der Waals surface area contributed by atoms with Crippen molar-refractivity contribution in [1.82, 2.24) is 15.0 Å². The first kappa shape index (κ1) is 16.8. The Morgan fingerprint density at radius 3 is 2.41 bits per heavy atom. The molecule has 4 rings (SSSR count). The van der Waals surface area contributed by atoms with Gasteiger partial charge in [-0.2, -0.15) is 0 Å². The summed E-state index contributed by atoms with van der Waals surface area (Å²) in [4.78, 5) is 12.4. The van der Waals surface area contributed by atoms with Gasteiger partial charge in [-0.05, 0) is 42.0 Å². The molecule has 0 saturated heterocycles. The van der Waals surface area contributed by atoms with E-state index in [1.54, 1.807) is 30.3 Å². The van der Waals surface area contributed by atoms with E-state index in [1.807, 2.05) is 47.1 Å². The number of fused-ring (bicyclic) bond motifs is 1. The van der Waals surface area contributed by atoms with Gasteiger partial charge in [0.15, 0.2) is 11.5 Å². The van der Waals surface area contributed by atoms with Gasteiger partial charge in [0.1, 0.15) is 5.52 Å².